The monoisotopic (exact) mass is 1800 g/mol. The molecule has 7 aromatic rings. The van der Waals surface area contributed by atoms with Crippen LogP contribution < -0.4 is 4.90 Å². The quantitative estimate of drug-likeness (QED) is 0.128. The second-order valence-corrected chi connectivity index (χ2v) is 21.7. The molecule has 6 aromatic carbocycles. The predicted molar refractivity (Wildman–Crippen MR) is 546 cm³/mol. The average Bonchev–Trinajstić information content (AvgIpc) is 1.67. The number of furan rings is 1. The molecule has 24 nitrogen and oxygen atoms in total. The molecule has 8 aliphatic rings. The molecule has 0 N–H and O–H groups in total. The zero-order valence-electron chi connectivity index (χ0n) is 88.7. The SMILES string of the molecule is CC.CC.CC.CC.CC.CC.CC.CC.CC.CC.CC.CC.CC.CC.CC.CC.CC.CC.CN1C(=O)C=CC1=O.CN1C(=O)CCC1=O.CN1C(=O)Cc2ccccc21.CN1C(=O)Cc2ccccc2C1=O.CN1C(=O)N=NC1=O.CN1C(=O)c2ccccc2C1=O.CN1CCc2ccccc2C1=O.CN1Cc2ccccc2C1=O.Cc1coc2ccccc12. The fourth-order valence-electron chi connectivity index (χ4n) is 9.69. The second-order valence-electron chi connectivity index (χ2n) is 21.7. The van der Waals surface area contributed by atoms with Crippen LogP contribution in [0, 0.1) is 6.92 Å². The van der Waals surface area contributed by atoms with E-state index in [1.54, 1.807) is 57.4 Å². The summed E-state index contributed by atoms with van der Waals surface area (Å²) >= 11 is 0. The molecule has 1 aromatic heterocycles. The van der Waals surface area contributed by atoms with Crippen molar-refractivity contribution in [2.24, 2.45) is 10.2 Å². The van der Waals surface area contributed by atoms with E-state index < -0.39 is 12.1 Å². The summed E-state index contributed by atoms with van der Waals surface area (Å²) in [5.41, 5.74) is 10.9. The third-order valence-corrected chi connectivity index (χ3v) is 15.4. The highest BCUT2D eigenvalue weighted by Crippen LogP contribution is 2.27. The van der Waals surface area contributed by atoms with Crippen LogP contribution in [0.1, 0.15) is 342 Å². The molecule has 24 heteroatoms. The molecule has 0 atom stereocenters. The lowest BCUT2D eigenvalue weighted by atomic mass is 9.99. The number of anilines is 1. The molecule has 8 aliphatic heterocycles. The van der Waals surface area contributed by atoms with E-state index in [0.29, 0.717) is 42.4 Å². The first-order chi connectivity index (χ1) is 62.3. The Labute approximate surface area is 783 Å². The van der Waals surface area contributed by atoms with Gasteiger partial charge in [-0.3, -0.25) is 72.3 Å². The number of hydrogen-bond acceptors (Lipinski definition) is 14. The number of amides is 15. The smallest absolute Gasteiger partial charge is 0.370 e. The minimum absolute atomic E-state index is 0.0602. The number of aryl methyl sites for hydroxylation is 1. The van der Waals surface area contributed by atoms with Crippen molar-refractivity contribution in [3.05, 3.63) is 220 Å². The number of benzene rings is 6. The number of hydrogen-bond donors (Lipinski definition) is 0. The summed E-state index contributed by atoms with van der Waals surface area (Å²) in [5, 5.41) is 7.13. The lowest BCUT2D eigenvalue weighted by Crippen LogP contribution is -2.39. The molecule has 0 radical (unpaired) electrons. The Bertz CT molecular complexity index is 4060. The summed E-state index contributed by atoms with van der Waals surface area (Å²) in [5.74, 6) is -0.889. The normalized spacial score (nSPS) is 12.3. The minimum atomic E-state index is -0.602. The summed E-state index contributed by atoms with van der Waals surface area (Å²) < 4.78 is 5.25. The number of likely N-dealkylation sites (N-methyl/N-ethyl adjacent to an activating group) is 4. The van der Waals surface area contributed by atoms with Crippen molar-refractivity contribution in [3.8, 4) is 0 Å². The van der Waals surface area contributed by atoms with Gasteiger partial charge in [0.05, 0.1) is 30.2 Å². The fourth-order valence-corrected chi connectivity index (χ4v) is 9.69. The zero-order chi connectivity index (χ0) is 104. The second kappa shape index (κ2) is 95.4. The molecule has 129 heavy (non-hydrogen) atoms. The number of carbonyl (C=O) groups excluding carboxylic acids is 13. The summed E-state index contributed by atoms with van der Waals surface area (Å²) in [6.07, 6.45) is 6.96. The van der Waals surface area contributed by atoms with Crippen molar-refractivity contribution in [2.45, 2.75) is 295 Å². The van der Waals surface area contributed by atoms with Crippen LogP contribution in [-0.2, 0) is 54.6 Å². The van der Waals surface area contributed by atoms with Gasteiger partial charge in [-0.25, -0.2) is 14.5 Å². The molecule has 15 amide bonds. The number of nitrogens with zero attached hydrogens (tertiary/aromatic N) is 10. The van der Waals surface area contributed by atoms with Gasteiger partial charge in [0, 0.05) is 122 Å². The van der Waals surface area contributed by atoms with Crippen LogP contribution in [0.15, 0.2) is 179 Å². The van der Waals surface area contributed by atoms with Gasteiger partial charge in [0.15, 0.2) is 0 Å². The van der Waals surface area contributed by atoms with Crippen LogP contribution in [-0.4, -0.2) is 174 Å². The first kappa shape index (κ1) is 143. The van der Waals surface area contributed by atoms with Gasteiger partial charge in [-0.05, 0) is 83.6 Å². The molecule has 0 unspecified atom stereocenters. The highest BCUT2D eigenvalue weighted by atomic mass is 16.3. The molecular weight excluding hydrogens is 1630 g/mol. The number of fused-ring (bicyclic) bond motifs is 6. The van der Waals surface area contributed by atoms with Crippen molar-refractivity contribution >= 4 is 93.7 Å². The Balaban J connectivity index is -0.000000115. The molecule has 0 bridgehead atoms. The highest BCUT2D eigenvalue weighted by molar-refractivity contribution is 6.21. The largest absolute Gasteiger partial charge is 0.464 e. The van der Waals surface area contributed by atoms with Crippen molar-refractivity contribution < 1.29 is 66.7 Å². The Morgan fingerprint density at radius 1 is 0.264 bits per heavy atom. The number of imide groups is 5. The van der Waals surface area contributed by atoms with Gasteiger partial charge in [-0.15, -0.1) is 0 Å². The van der Waals surface area contributed by atoms with Crippen molar-refractivity contribution in [3.63, 3.8) is 0 Å². The van der Waals surface area contributed by atoms with E-state index in [1.165, 1.54) is 73.7 Å². The summed E-state index contributed by atoms with van der Waals surface area (Å²) in [7, 11) is 12.8. The van der Waals surface area contributed by atoms with Gasteiger partial charge >= 0.3 is 12.1 Å². The number of rotatable bonds is 0. The van der Waals surface area contributed by atoms with Gasteiger partial charge in [0.1, 0.15) is 5.58 Å². The van der Waals surface area contributed by atoms with E-state index in [4.69, 9.17) is 4.42 Å². The van der Waals surface area contributed by atoms with E-state index in [0.717, 1.165) is 73.3 Å². The van der Waals surface area contributed by atoms with Crippen LogP contribution in [0.2, 0.25) is 0 Å². The summed E-state index contributed by atoms with van der Waals surface area (Å²) in [6, 6.07) is 44.3. The molecule has 9 heterocycles. The van der Waals surface area contributed by atoms with Gasteiger partial charge in [0.2, 0.25) is 23.6 Å². The van der Waals surface area contributed by atoms with Crippen LogP contribution in [0.4, 0.5) is 15.3 Å². The lowest BCUT2D eigenvalue weighted by Gasteiger charge is -2.24. The Morgan fingerprint density at radius 3 is 0.907 bits per heavy atom. The molecule has 1 saturated heterocycles. The van der Waals surface area contributed by atoms with Crippen LogP contribution >= 0.6 is 0 Å². The van der Waals surface area contributed by atoms with Gasteiger partial charge in [-0.1, -0.05) is 363 Å². The van der Waals surface area contributed by atoms with Gasteiger partial charge in [0.25, 0.3) is 41.4 Å². The van der Waals surface area contributed by atoms with E-state index in [-0.39, 0.29) is 65.0 Å². The van der Waals surface area contributed by atoms with Crippen molar-refractivity contribution in [1.82, 2.24) is 34.3 Å². The zero-order valence-corrected chi connectivity index (χ0v) is 88.7. The van der Waals surface area contributed by atoms with E-state index in [2.05, 4.69) is 16.3 Å². The van der Waals surface area contributed by atoms with Crippen molar-refractivity contribution in [2.75, 3.05) is 67.8 Å². The maximum Gasteiger partial charge on any atom is 0.370 e. The van der Waals surface area contributed by atoms with Crippen LogP contribution in [0.25, 0.3) is 11.0 Å². The highest BCUT2D eigenvalue weighted by Gasteiger charge is 2.32. The molecule has 730 valence electrons. The Morgan fingerprint density at radius 2 is 0.566 bits per heavy atom. The minimum Gasteiger partial charge on any atom is -0.464 e. The first-order valence-corrected chi connectivity index (χ1v) is 47.1. The standard InChI is InChI=1S/C10H9NO2.C10H11NO.C9H7NO2.2C9H9NO.C9H8O.C5H7NO2.C5H5NO2.C3H3N3O2.18C2H6/c1-11-9(12)6-7-4-2-3-5-8(7)10(11)13;1-11-7-6-8-4-2-3-5-9(8)10(11)12;1-10-8(11)6-4-2-3-5-7(6)9(10)12;1-10-6-7-4-2-3-5-8(7)9(10)11;1-10-8-5-3-2-4-7(8)6-9(10)11;1-7-6-10-9-5-3-2-4-8(7)9;2*1-6-4(7)2-3-5(6)8;1-6-2(7)4-5-3(6)8;18*1-2/h2-5H,6H2,1H3;2-5H,6-7H2,1H3;2-5H,1H3;2*2-5H,6H2,1H3;2-6H,1H3;2-3H2,1H3;2-3H,1H3;1H3;18*1-2H3. The Kier molecular flexibility index (Phi) is 106. The molecule has 0 aliphatic carbocycles. The van der Waals surface area contributed by atoms with E-state index in [1.807, 2.05) is 380 Å². The number of azo groups is 1. The average molecular weight is 1800 g/mol. The van der Waals surface area contributed by atoms with Gasteiger partial charge < -0.3 is 19.1 Å². The third kappa shape index (κ3) is 51.8. The predicted octanol–water partition coefficient (Wildman–Crippen LogP) is 26.7. The summed E-state index contributed by atoms with van der Waals surface area (Å²) in [4.78, 5) is 152. The molecule has 1 fully saturated rings. The molecule has 0 spiro atoms. The number of carbonyl (C=O) groups is 13. The van der Waals surface area contributed by atoms with E-state index >= 15 is 0 Å². The molecule has 0 saturated carbocycles. The summed E-state index contributed by atoms with van der Waals surface area (Å²) in [6.45, 7) is 75.6. The van der Waals surface area contributed by atoms with Crippen molar-refractivity contribution in [1.29, 1.82) is 0 Å². The van der Waals surface area contributed by atoms with E-state index in [9.17, 15) is 62.3 Å². The lowest BCUT2D eigenvalue weighted by molar-refractivity contribution is -0.137. The number of para-hydroxylation sites is 2. The molecule has 15 rings (SSSR count). The third-order valence-electron chi connectivity index (χ3n) is 15.4. The van der Waals surface area contributed by atoms with Gasteiger partial charge in [-0.2, -0.15) is 0 Å². The number of urea groups is 2. The van der Waals surface area contributed by atoms with Crippen LogP contribution in [0.5, 0.6) is 0 Å². The molecular formula is C105H176N10O14. The topological polar surface area (TPSA) is 286 Å². The fraction of sp³-hybridized carbons (Fsp3) is 0.495. The maximum absolute atomic E-state index is 11.5. The van der Waals surface area contributed by atoms with Crippen LogP contribution in [0.3, 0.4) is 0 Å². The Hall–Kier alpha value is -11.7. The first-order valence-electron chi connectivity index (χ1n) is 47.1. The maximum atomic E-state index is 11.5. The number of likely N-dealkylation sites (tertiary alicyclic amines) is 1.